The van der Waals surface area contributed by atoms with Gasteiger partial charge in [0.25, 0.3) is 5.91 Å². The summed E-state index contributed by atoms with van der Waals surface area (Å²) in [5, 5.41) is 2.64. The first-order valence-corrected chi connectivity index (χ1v) is 10.3. The molecule has 0 saturated carbocycles. The number of carbonyl (C=O) groups excluding carboxylic acids is 2. The van der Waals surface area contributed by atoms with E-state index in [-0.39, 0.29) is 53.1 Å². The summed E-state index contributed by atoms with van der Waals surface area (Å²) < 4.78 is 40.1. The lowest BCUT2D eigenvalue weighted by Gasteiger charge is -2.34. The number of methoxy groups -OCH3 is 1. The fraction of sp³-hybridized carbons (Fsp3) is 0.417. The minimum Gasteiger partial charge on any atom is -0.494 e. The van der Waals surface area contributed by atoms with Crippen molar-refractivity contribution in [3.8, 4) is 11.5 Å². The molecule has 0 saturated heterocycles. The van der Waals surface area contributed by atoms with Crippen LogP contribution in [0.15, 0.2) is 24.3 Å². The van der Waals surface area contributed by atoms with Gasteiger partial charge in [0.15, 0.2) is 29.2 Å². The van der Waals surface area contributed by atoms with Gasteiger partial charge in [0.1, 0.15) is 0 Å². The van der Waals surface area contributed by atoms with Gasteiger partial charge in [-0.25, -0.2) is 8.78 Å². The third kappa shape index (κ3) is 4.84. The third-order valence-electron chi connectivity index (χ3n) is 5.11. The molecule has 1 atom stereocenters. The number of nitrogens with one attached hydrogen (secondary N) is 1. The van der Waals surface area contributed by atoms with Crippen molar-refractivity contribution in [3.63, 3.8) is 0 Å². The van der Waals surface area contributed by atoms with Crippen LogP contribution < -0.4 is 19.7 Å². The summed E-state index contributed by atoms with van der Waals surface area (Å²) in [6.45, 7) is 8.93. The van der Waals surface area contributed by atoms with Crippen molar-refractivity contribution in [2.45, 2.75) is 53.7 Å². The van der Waals surface area contributed by atoms with Crippen LogP contribution in [0.25, 0.3) is 0 Å². The highest BCUT2D eigenvalue weighted by molar-refractivity contribution is 6.01. The van der Waals surface area contributed by atoms with Crippen molar-refractivity contribution < 1.29 is 27.8 Å². The van der Waals surface area contributed by atoms with E-state index >= 15 is 4.39 Å². The van der Waals surface area contributed by atoms with Crippen molar-refractivity contribution in [2.24, 2.45) is 5.41 Å². The van der Waals surface area contributed by atoms with E-state index in [0.29, 0.717) is 11.1 Å². The van der Waals surface area contributed by atoms with Gasteiger partial charge in [-0.05, 0) is 48.6 Å². The molecular formula is C24H28F2N2O4. The van der Waals surface area contributed by atoms with Crippen molar-refractivity contribution in [1.82, 2.24) is 0 Å². The lowest BCUT2D eigenvalue weighted by molar-refractivity contribution is -0.125. The summed E-state index contributed by atoms with van der Waals surface area (Å²) in [4.78, 5) is 26.6. The number of ether oxygens (including phenoxy) is 2. The number of amides is 2. The zero-order valence-corrected chi connectivity index (χ0v) is 19.1. The quantitative estimate of drug-likeness (QED) is 0.704. The first-order chi connectivity index (χ1) is 14.9. The Hall–Kier alpha value is -3.16. The predicted molar refractivity (Wildman–Crippen MR) is 118 cm³/mol. The molecule has 0 aliphatic carbocycles. The van der Waals surface area contributed by atoms with E-state index in [2.05, 4.69) is 5.32 Å². The fourth-order valence-electron chi connectivity index (χ4n) is 3.59. The normalized spacial score (nSPS) is 15.8. The van der Waals surface area contributed by atoms with Gasteiger partial charge in [-0.3, -0.25) is 9.59 Å². The maximum absolute atomic E-state index is 15.4. The Bertz CT molecular complexity index is 1060. The standard InChI is InChI=1S/C24H28F2N2O4/c1-13-9-17-22(20(26)21(13)27-19(29)11-24(3,4)5)32-14(2)23(30)28(17)12-15-7-8-18(31-6)16(25)10-15/h7-10,14H,11-12H2,1-6H3,(H,27,29). The highest BCUT2D eigenvalue weighted by atomic mass is 19.1. The first kappa shape index (κ1) is 23.5. The molecule has 6 nitrogen and oxygen atoms in total. The Morgan fingerprint density at radius 1 is 1.25 bits per heavy atom. The van der Waals surface area contributed by atoms with Gasteiger partial charge < -0.3 is 19.7 Å². The summed E-state index contributed by atoms with van der Waals surface area (Å²) >= 11 is 0. The average molecular weight is 446 g/mol. The zero-order chi connectivity index (χ0) is 23.8. The van der Waals surface area contributed by atoms with Crippen molar-refractivity contribution in [2.75, 3.05) is 17.3 Å². The van der Waals surface area contributed by atoms with E-state index in [4.69, 9.17) is 9.47 Å². The fourth-order valence-corrected chi connectivity index (χ4v) is 3.59. The minimum absolute atomic E-state index is 0.0229. The van der Waals surface area contributed by atoms with Crippen LogP contribution in [-0.2, 0) is 16.1 Å². The van der Waals surface area contributed by atoms with Crippen LogP contribution in [0, 0.1) is 24.0 Å². The summed E-state index contributed by atoms with van der Waals surface area (Å²) in [5.74, 6) is -2.02. The van der Waals surface area contributed by atoms with Crippen molar-refractivity contribution in [1.29, 1.82) is 0 Å². The second-order valence-electron chi connectivity index (χ2n) is 9.17. The molecular weight excluding hydrogens is 418 g/mol. The summed E-state index contributed by atoms with van der Waals surface area (Å²) in [5.41, 5.74) is 0.950. The van der Waals surface area contributed by atoms with Crippen LogP contribution in [0.1, 0.15) is 45.2 Å². The van der Waals surface area contributed by atoms with Crippen molar-refractivity contribution in [3.05, 3.63) is 47.0 Å². The van der Waals surface area contributed by atoms with E-state index < -0.39 is 17.7 Å². The molecule has 1 aliphatic rings. The molecule has 1 heterocycles. The lowest BCUT2D eigenvalue weighted by Crippen LogP contribution is -2.44. The first-order valence-electron chi connectivity index (χ1n) is 10.3. The van der Waals surface area contributed by atoms with Crippen LogP contribution in [0.5, 0.6) is 11.5 Å². The summed E-state index contributed by atoms with van der Waals surface area (Å²) in [7, 11) is 1.37. The molecule has 172 valence electrons. The van der Waals surface area contributed by atoms with Crippen LogP contribution in [0.4, 0.5) is 20.2 Å². The highest BCUT2D eigenvalue weighted by Crippen LogP contribution is 2.42. The number of benzene rings is 2. The molecule has 2 amide bonds. The molecule has 0 aromatic heterocycles. The monoisotopic (exact) mass is 446 g/mol. The molecule has 32 heavy (non-hydrogen) atoms. The van der Waals surface area contributed by atoms with E-state index in [1.54, 1.807) is 19.1 Å². The molecule has 1 N–H and O–H groups in total. The largest absolute Gasteiger partial charge is 0.494 e. The van der Waals surface area contributed by atoms with Gasteiger partial charge in [-0.15, -0.1) is 0 Å². The number of anilines is 2. The van der Waals surface area contributed by atoms with Crippen LogP contribution in [-0.4, -0.2) is 25.0 Å². The number of aryl methyl sites for hydroxylation is 1. The number of nitrogens with zero attached hydrogens (tertiary/aromatic N) is 1. The van der Waals surface area contributed by atoms with Gasteiger partial charge in [0.05, 0.1) is 25.0 Å². The van der Waals surface area contributed by atoms with Gasteiger partial charge in [0, 0.05) is 6.42 Å². The maximum atomic E-state index is 15.4. The van der Waals surface area contributed by atoms with Gasteiger partial charge in [-0.2, -0.15) is 0 Å². The van der Waals surface area contributed by atoms with Gasteiger partial charge in [0.2, 0.25) is 5.91 Å². The Balaban J connectivity index is 1.98. The van der Waals surface area contributed by atoms with Crippen molar-refractivity contribution >= 4 is 23.2 Å². The molecule has 2 aromatic rings. The Morgan fingerprint density at radius 2 is 1.94 bits per heavy atom. The molecule has 0 fully saturated rings. The van der Waals surface area contributed by atoms with E-state index in [9.17, 15) is 14.0 Å². The highest BCUT2D eigenvalue weighted by Gasteiger charge is 2.35. The molecule has 0 radical (unpaired) electrons. The molecule has 3 rings (SSSR count). The SMILES string of the molecule is COc1ccc(CN2C(=O)C(C)Oc3c2cc(C)c(NC(=O)CC(C)(C)C)c3F)cc1F. The van der Waals surface area contributed by atoms with Crippen LogP contribution >= 0.6 is 0 Å². The Morgan fingerprint density at radius 3 is 2.53 bits per heavy atom. The van der Waals surface area contributed by atoms with Crippen LogP contribution in [0.3, 0.4) is 0 Å². The number of fused-ring (bicyclic) bond motifs is 1. The predicted octanol–water partition coefficient (Wildman–Crippen LogP) is 4.97. The second-order valence-corrected chi connectivity index (χ2v) is 9.17. The molecule has 0 bridgehead atoms. The minimum atomic E-state index is -0.944. The average Bonchev–Trinajstić information content (AvgIpc) is 2.68. The summed E-state index contributed by atoms with van der Waals surface area (Å²) in [6.07, 6.45) is -0.727. The number of hydrogen-bond donors (Lipinski definition) is 1. The number of carbonyl (C=O) groups is 2. The number of rotatable bonds is 5. The Kier molecular flexibility index (Phi) is 6.44. The van der Waals surface area contributed by atoms with E-state index in [1.807, 2.05) is 20.8 Å². The number of hydrogen-bond acceptors (Lipinski definition) is 4. The smallest absolute Gasteiger partial charge is 0.268 e. The zero-order valence-electron chi connectivity index (χ0n) is 19.1. The van der Waals surface area contributed by atoms with Gasteiger partial charge >= 0.3 is 0 Å². The molecule has 1 unspecified atom stereocenters. The van der Waals surface area contributed by atoms with E-state index in [1.165, 1.54) is 31.1 Å². The van der Waals surface area contributed by atoms with Crippen LogP contribution in [0.2, 0.25) is 0 Å². The topological polar surface area (TPSA) is 67.9 Å². The van der Waals surface area contributed by atoms with E-state index in [0.717, 1.165) is 0 Å². The molecule has 1 aliphatic heterocycles. The maximum Gasteiger partial charge on any atom is 0.268 e. The molecule has 0 spiro atoms. The number of halogens is 2. The second kappa shape index (κ2) is 8.76. The Labute approximate surface area is 186 Å². The summed E-state index contributed by atoms with van der Waals surface area (Å²) in [6, 6.07) is 5.98. The van der Waals surface area contributed by atoms with Gasteiger partial charge in [-0.1, -0.05) is 26.8 Å². The lowest BCUT2D eigenvalue weighted by atomic mass is 9.92. The third-order valence-corrected chi connectivity index (χ3v) is 5.11. The molecule has 2 aromatic carbocycles. The molecule has 8 heteroatoms.